The van der Waals surface area contributed by atoms with Crippen LogP contribution in [0.15, 0.2) is 24.3 Å². The van der Waals surface area contributed by atoms with E-state index in [1.54, 1.807) is 17.0 Å². The van der Waals surface area contributed by atoms with Crippen LogP contribution in [0.5, 0.6) is 0 Å². The standard InChI is InChI=1S/C15H21FN2O/c1-3-18(14-8-6-13(16)7-9-14)15(19)12-5-4-11(2)17-10-12/h6-9,11-12,17H,3-5,10H2,1-2H3. The molecule has 1 saturated heterocycles. The summed E-state index contributed by atoms with van der Waals surface area (Å²) in [6.07, 6.45) is 1.95. The van der Waals surface area contributed by atoms with Gasteiger partial charge in [0.15, 0.2) is 0 Å². The molecule has 1 aliphatic rings. The van der Waals surface area contributed by atoms with Crippen LogP contribution in [-0.2, 0) is 4.79 Å². The summed E-state index contributed by atoms with van der Waals surface area (Å²) < 4.78 is 12.9. The van der Waals surface area contributed by atoms with E-state index in [0.717, 1.165) is 25.1 Å². The van der Waals surface area contributed by atoms with Gasteiger partial charge in [-0.2, -0.15) is 0 Å². The summed E-state index contributed by atoms with van der Waals surface area (Å²) in [4.78, 5) is 14.3. The van der Waals surface area contributed by atoms with Crippen molar-refractivity contribution in [1.82, 2.24) is 5.32 Å². The molecule has 0 spiro atoms. The van der Waals surface area contributed by atoms with Crippen molar-refractivity contribution in [2.24, 2.45) is 5.92 Å². The zero-order valence-electron chi connectivity index (χ0n) is 11.5. The summed E-state index contributed by atoms with van der Waals surface area (Å²) in [6, 6.07) is 6.61. The number of carbonyl (C=O) groups excluding carboxylic acids is 1. The first-order chi connectivity index (χ1) is 9.11. The fourth-order valence-electron chi connectivity index (χ4n) is 2.52. The highest BCUT2D eigenvalue weighted by atomic mass is 19.1. The van der Waals surface area contributed by atoms with Gasteiger partial charge in [-0.05, 0) is 51.0 Å². The third-order valence-corrected chi connectivity index (χ3v) is 3.73. The second-order valence-electron chi connectivity index (χ2n) is 5.14. The molecule has 1 amide bonds. The van der Waals surface area contributed by atoms with Gasteiger partial charge in [-0.15, -0.1) is 0 Å². The van der Waals surface area contributed by atoms with E-state index in [1.165, 1.54) is 12.1 Å². The predicted molar refractivity (Wildman–Crippen MR) is 74.6 cm³/mol. The van der Waals surface area contributed by atoms with Gasteiger partial charge in [0.25, 0.3) is 0 Å². The van der Waals surface area contributed by atoms with Crippen molar-refractivity contribution in [1.29, 1.82) is 0 Å². The zero-order chi connectivity index (χ0) is 13.8. The van der Waals surface area contributed by atoms with Crippen molar-refractivity contribution in [3.05, 3.63) is 30.1 Å². The Morgan fingerprint density at radius 2 is 2.05 bits per heavy atom. The summed E-state index contributed by atoms with van der Waals surface area (Å²) in [7, 11) is 0. The molecule has 1 fully saturated rings. The van der Waals surface area contributed by atoms with Crippen LogP contribution >= 0.6 is 0 Å². The Morgan fingerprint density at radius 1 is 1.37 bits per heavy atom. The fourth-order valence-corrected chi connectivity index (χ4v) is 2.52. The quantitative estimate of drug-likeness (QED) is 0.910. The second-order valence-corrected chi connectivity index (χ2v) is 5.14. The molecule has 1 heterocycles. The Hall–Kier alpha value is -1.42. The van der Waals surface area contributed by atoms with E-state index in [-0.39, 0.29) is 17.6 Å². The number of piperidine rings is 1. The Morgan fingerprint density at radius 3 is 2.58 bits per heavy atom. The fraction of sp³-hybridized carbons (Fsp3) is 0.533. The van der Waals surface area contributed by atoms with E-state index in [4.69, 9.17) is 0 Å². The molecule has 0 bridgehead atoms. The van der Waals surface area contributed by atoms with Crippen LogP contribution in [0.1, 0.15) is 26.7 Å². The molecular formula is C15H21FN2O. The van der Waals surface area contributed by atoms with Crippen molar-refractivity contribution in [3.63, 3.8) is 0 Å². The highest BCUT2D eigenvalue weighted by Crippen LogP contribution is 2.21. The molecule has 0 aromatic heterocycles. The number of benzene rings is 1. The van der Waals surface area contributed by atoms with E-state index in [1.807, 2.05) is 6.92 Å². The van der Waals surface area contributed by atoms with Gasteiger partial charge in [-0.3, -0.25) is 4.79 Å². The molecular weight excluding hydrogens is 243 g/mol. The number of amides is 1. The molecule has 1 N–H and O–H groups in total. The Labute approximate surface area is 113 Å². The van der Waals surface area contributed by atoms with Gasteiger partial charge >= 0.3 is 0 Å². The van der Waals surface area contributed by atoms with Crippen LogP contribution in [0.4, 0.5) is 10.1 Å². The third-order valence-electron chi connectivity index (χ3n) is 3.73. The minimum Gasteiger partial charge on any atom is -0.313 e. The first kappa shape index (κ1) is 14.0. The van der Waals surface area contributed by atoms with Crippen LogP contribution in [-0.4, -0.2) is 25.0 Å². The lowest BCUT2D eigenvalue weighted by Crippen LogP contribution is -2.45. The van der Waals surface area contributed by atoms with Crippen molar-refractivity contribution in [2.75, 3.05) is 18.0 Å². The maximum absolute atomic E-state index is 12.9. The van der Waals surface area contributed by atoms with Gasteiger partial charge in [-0.25, -0.2) is 4.39 Å². The predicted octanol–water partition coefficient (Wildman–Crippen LogP) is 2.57. The van der Waals surface area contributed by atoms with Gasteiger partial charge in [0.1, 0.15) is 5.82 Å². The molecule has 2 rings (SSSR count). The number of anilines is 1. The summed E-state index contributed by atoms with van der Waals surface area (Å²) in [5.74, 6) is -0.116. The summed E-state index contributed by atoms with van der Waals surface area (Å²) >= 11 is 0. The molecule has 4 heteroatoms. The molecule has 1 aromatic carbocycles. The van der Waals surface area contributed by atoms with E-state index >= 15 is 0 Å². The van der Waals surface area contributed by atoms with Gasteiger partial charge in [0.05, 0.1) is 5.92 Å². The maximum atomic E-state index is 12.9. The van der Waals surface area contributed by atoms with Gasteiger partial charge in [0, 0.05) is 24.8 Å². The highest BCUT2D eigenvalue weighted by molar-refractivity contribution is 5.95. The average Bonchev–Trinajstić information content (AvgIpc) is 2.42. The lowest BCUT2D eigenvalue weighted by Gasteiger charge is -2.31. The average molecular weight is 264 g/mol. The lowest BCUT2D eigenvalue weighted by atomic mass is 9.94. The van der Waals surface area contributed by atoms with Crippen molar-refractivity contribution >= 4 is 11.6 Å². The molecule has 104 valence electrons. The Bertz CT molecular complexity index is 424. The number of hydrogen-bond acceptors (Lipinski definition) is 2. The number of carbonyl (C=O) groups is 1. The second kappa shape index (κ2) is 6.15. The van der Waals surface area contributed by atoms with Crippen LogP contribution in [0.2, 0.25) is 0 Å². The molecule has 0 aliphatic carbocycles. The lowest BCUT2D eigenvalue weighted by molar-refractivity contribution is -0.123. The summed E-state index contributed by atoms with van der Waals surface area (Å²) in [5.41, 5.74) is 0.771. The van der Waals surface area contributed by atoms with Crippen molar-refractivity contribution in [3.8, 4) is 0 Å². The summed E-state index contributed by atoms with van der Waals surface area (Å²) in [5, 5.41) is 3.34. The number of rotatable bonds is 3. The Kier molecular flexibility index (Phi) is 4.53. The first-order valence-corrected chi connectivity index (χ1v) is 6.92. The minimum atomic E-state index is -0.277. The maximum Gasteiger partial charge on any atom is 0.231 e. The van der Waals surface area contributed by atoms with Crippen LogP contribution < -0.4 is 10.2 Å². The molecule has 0 radical (unpaired) electrons. The van der Waals surface area contributed by atoms with E-state index < -0.39 is 0 Å². The Balaban J connectivity index is 2.08. The number of nitrogens with one attached hydrogen (secondary N) is 1. The van der Waals surface area contributed by atoms with Crippen molar-refractivity contribution < 1.29 is 9.18 Å². The van der Waals surface area contributed by atoms with Crippen LogP contribution in [0, 0.1) is 11.7 Å². The highest BCUT2D eigenvalue weighted by Gasteiger charge is 2.27. The largest absolute Gasteiger partial charge is 0.313 e. The van der Waals surface area contributed by atoms with E-state index in [0.29, 0.717) is 12.6 Å². The monoisotopic (exact) mass is 264 g/mol. The first-order valence-electron chi connectivity index (χ1n) is 6.92. The normalized spacial score (nSPS) is 23.1. The van der Waals surface area contributed by atoms with Gasteiger partial charge < -0.3 is 10.2 Å². The van der Waals surface area contributed by atoms with Crippen LogP contribution in [0.25, 0.3) is 0 Å². The number of hydrogen-bond donors (Lipinski definition) is 1. The number of nitrogens with zero attached hydrogens (tertiary/aromatic N) is 1. The molecule has 1 aromatic rings. The van der Waals surface area contributed by atoms with E-state index in [9.17, 15) is 9.18 Å². The molecule has 2 unspecified atom stereocenters. The SMILES string of the molecule is CCN(C(=O)C1CCC(C)NC1)c1ccc(F)cc1. The van der Waals surface area contributed by atoms with Crippen molar-refractivity contribution in [2.45, 2.75) is 32.7 Å². The molecule has 3 nitrogen and oxygen atoms in total. The summed E-state index contributed by atoms with van der Waals surface area (Å²) in [6.45, 7) is 5.42. The van der Waals surface area contributed by atoms with E-state index in [2.05, 4.69) is 12.2 Å². The zero-order valence-corrected chi connectivity index (χ0v) is 11.5. The van der Waals surface area contributed by atoms with Gasteiger partial charge in [0.2, 0.25) is 5.91 Å². The molecule has 1 aliphatic heterocycles. The molecule has 0 saturated carbocycles. The van der Waals surface area contributed by atoms with Gasteiger partial charge in [-0.1, -0.05) is 0 Å². The minimum absolute atomic E-state index is 0.0289. The molecule has 19 heavy (non-hydrogen) atoms. The number of halogens is 1. The smallest absolute Gasteiger partial charge is 0.231 e. The third kappa shape index (κ3) is 3.32. The molecule has 2 atom stereocenters. The topological polar surface area (TPSA) is 32.3 Å². The van der Waals surface area contributed by atoms with Crippen LogP contribution in [0.3, 0.4) is 0 Å².